The molecule has 5 unspecified atom stereocenters. The molecule has 0 rings (SSSR count). The summed E-state index contributed by atoms with van der Waals surface area (Å²) in [7, 11) is 0. The number of nitrogens with one attached hydrogen (secondary N) is 3. The van der Waals surface area contributed by atoms with Crippen molar-refractivity contribution in [1.82, 2.24) is 16.0 Å². The van der Waals surface area contributed by atoms with Gasteiger partial charge in [-0.2, -0.15) is 0 Å². The van der Waals surface area contributed by atoms with Gasteiger partial charge in [-0.05, 0) is 31.6 Å². The molecule has 0 saturated carbocycles. The number of carboxylic acids is 2. The number of hydrogen-bond acceptors (Lipinski definition) is 6. The third-order valence-electron chi connectivity index (χ3n) is 4.81. The highest BCUT2D eigenvalue weighted by molar-refractivity contribution is 5.94. The maximum absolute atomic E-state index is 12.8. The molecular formula is C20H36N4O7. The van der Waals surface area contributed by atoms with E-state index in [0.717, 1.165) is 0 Å². The maximum Gasteiger partial charge on any atom is 0.326 e. The smallest absolute Gasteiger partial charge is 0.326 e. The van der Waals surface area contributed by atoms with Crippen molar-refractivity contribution in [3.8, 4) is 0 Å². The van der Waals surface area contributed by atoms with E-state index in [9.17, 15) is 29.1 Å². The molecule has 0 aromatic heterocycles. The van der Waals surface area contributed by atoms with E-state index >= 15 is 0 Å². The monoisotopic (exact) mass is 444 g/mol. The molecule has 5 atom stereocenters. The number of nitrogens with two attached hydrogens (primary N) is 1. The van der Waals surface area contributed by atoms with Crippen LogP contribution in [0.3, 0.4) is 0 Å². The second kappa shape index (κ2) is 13.6. The molecule has 0 fully saturated rings. The van der Waals surface area contributed by atoms with Crippen LogP contribution < -0.4 is 21.7 Å². The van der Waals surface area contributed by atoms with Crippen LogP contribution >= 0.6 is 0 Å². The number of carbonyl (C=O) groups is 5. The van der Waals surface area contributed by atoms with Crippen molar-refractivity contribution < 1.29 is 34.2 Å². The molecule has 0 aliphatic rings. The van der Waals surface area contributed by atoms with Gasteiger partial charge in [-0.3, -0.25) is 19.2 Å². The van der Waals surface area contributed by atoms with E-state index in [1.807, 2.05) is 13.8 Å². The van der Waals surface area contributed by atoms with Crippen molar-refractivity contribution in [2.75, 3.05) is 0 Å². The SMILES string of the molecule is CCC(C)C(NC(=O)C(CCC(=O)O)NC(=O)C(CC(C)C)NC(=O)C(C)N)C(=O)O. The van der Waals surface area contributed by atoms with Crippen LogP contribution in [0.1, 0.15) is 60.3 Å². The summed E-state index contributed by atoms with van der Waals surface area (Å²) in [6.07, 6.45) is 0.0984. The van der Waals surface area contributed by atoms with Gasteiger partial charge in [0, 0.05) is 6.42 Å². The van der Waals surface area contributed by atoms with Gasteiger partial charge in [-0.25, -0.2) is 4.79 Å². The molecule has 3 amide bonds. The molecule has 0 radical (unpaired) electrons. The zero-order valence-electron chi connectivity index (χ0n) is 18.8. The molecule has 11 heteroatoms. The van der Waals surface area contributed by atoms with Gasteiger partial charge < -0.3 is 31.9 Å². The quantitative estimate of drug-likeness (QED) is 0.213. The normalized spacial score (nSPS) is 15.8. The molecule has 0 aromatic rings. The first kappa shape index (κ1) is 28.3. The number of carboxylic acid groups (broad SMARTS) is 2. The maximum atomic E-state index is 12.8. The third-order valence-corrected chi connectivity index (χ3v) is 4.81. The lowest BCUT2D eigenvalue weighted by molar-refractivity contribution is -0.144. The first-order valence-electron chi connectivity index (χ1n) is 10.4. The summed E-state index contributed by atoms with van der Waals surface area (Å²) < 4.78 is 0. The number of rotatable bonds is 14. The molecule has 178 valence electrons. The van der Waals surface area contributed by atoms with Crippen LogP contribution in [-0.2, 0) is 24.0 Å². The van der Waals surface area contributed by atoms with Crippen molar-refractivity contribution in [3.63, 3.8) is 0 Å². The van der Waals surface area contributed by atoms with Gasteiger partial charge in [0.05, 0.1) is 6.04 Å². The highest BCUT2D eigenvalue weighted by Crippen LogP contribution is 2.10. The summed E-state index contributed by atoms with van der Waals surface area (Å²) in [6.45, 7) is 8.58. The van der Waals surface area contributed by atoms with Crippen LogP contribution in [0.2, 0.25) is 0 Å². The first-order valence-corrected chi connectivity index (χ1v) is 10.4. The van der Waals surface area contributed by atoms with E-state index < -0.39 is 60.2 Å². The van der Waals surface area contributed by atoms with Crippen molar-refractivity contribution >= 4 is 29.7 Å². The summed E-state index contributed by atoms with van der Waals surface area (Å²) in [4.78, 5) is 60.0. The van der Waals surface area contributed by atoms with Crippen molar-refractivity contribution in [2.45, 2.75) is 84.5 Å². The molecule has 0 aliphatic carbocycles. The Balaban J connectivity index is 5.55. The van der Waals surface area contributed by atoms with Crippen LogP contribution in [0.15, 0.2) is 0 Å². The zero-order chi connectivity index (χ0) is 24.3. The van der Waals surface area contributed by atoms with Crippen LogP contribution in [0.4, 0.5) is 0 Å². The zero-order valence-corrected chi connectivity index (χ0v) is 18.8. The molecule has 31 heavy (non-hydrogen) atoms. The Kier molecular flexibility index (Phi) is 12.4. The van der Waals surface area contributed by atoms with Crippen LogP contribution in [0, 0.1) is 11.8 Å². The van der Waals surface area contributed by atoms with Gasteiger partial charge >= 0.3 is 11.9 Å². The van der Waals surface area contributed by atoms with Crippen LogP contribution in [0.5, 0.6) is 0 Å². The predicted octanol–water partition coefficient (Wildman–Crippen LogP) is -0.170. The summed E-state index contributed by atoms with van der Waals surface area (Å²) in [5.74, 6) is -4.78. The van der Waals surface area contributed by atoms with Gasteiger partial charge in [0.1, 0.15) is 18.1 Å². The number of aliphatic carboxylic acids is 2. The van der Waals surface area contributed by atoms with Gasteiger partial charge in [0.2, 0.25) is 17.7 Å². The third kappa shape index (κ3) is 10.8. The average Bonchev–Trinajstić information content (AvgIpc) is 2.66. The fourth-order valence-corrected chi connectivity index (χ4v) is 2.75. The highest BCUT2D eigenvalue weighted by atomic mass is 16.4. The van der Waals surface area contributed by atoms with Gasteiger partial charge in [-0.1, -0.05) is 34.1 Å². The second-order valence-electron chi connectivity index (χ2n) is 8.18. The molecular weight excluding hydrogens is 408 g/mol. The minimum Gasteiger partial charge on any atom is -0.481 e. The molecule has 7 N–H and O–H groups in total. The number of amides is 3. The Morgan fingerprint density at radius 3 is 1.77 bits per heavy atom. The molecule has 0 spiro atoms. The van der Waals surface area contributed by atoms with Crippen molar-refractivity contribution in [1.29, 1.82) is 0 Å². The van der Waals surface area contributed by atoms with E-state index in [0.29, 0.717) is 6.42 Å². The Morgan fingerprint density at radius 2 is 1.35 bits per heavy atom. The topological polar surface area (TPSA) is 188 Å². The van der Waals surface area contributed by atoms with E-state index in [2.05, 4.69) is 16.0 Å². The Labute approximate surface area is 182 Å². The lowest BCUT2D eigenvalue weighted by atomic mass is 9.98. The van der Waals surface area contributed by atoms with E-state index in [1.165, 1.54) is 6.92 Å². The van der Waals surface area contributed by atoms with Crippen LogP contribution in [0.25, 0.3) is 0 Å². The summed E-state index contributed by atoms with van der Waals surface area (Å²) in [5.41, 5.74) is 5.54. The summed E-state index contributed by atoms with van der Waals surface area (Å²) in [5, 5.41) is 25.7. The molecule has 0 aliphatic heterocycles. The molecule has 0 aromatic carbocycles. The molecule has 0 heterocycles. The summed E-state index contributed by atoms with van der Waals surface area (Å²) in [6, 6.07) is -4.30. The second-order valence-corrected chi connectivity index (χ2v) is 8.18. The fraction of sp³-hybridized carbons (Fsp3) is 0.750. The fourth-order valence-electron chi connectivity index (χ4n) is 2.75. The standard InChI is InChI=1S/C20H36N4O7/c1-6-11(4)16(20(30)31)24-18(28)13(7-8-15(25)26)22-19(29)14(9-10(2)3)23-17(27)12(5)21/h10-14,16H,6-9,21H2,1-5H3,(H,22,29)(H,23,27)(H,24,28)(H,25,26)(H,30,31). The highest BCUT2D eigenvalue weighted by Gasteiger charge is 2.32. The van der Waals surface area contributed by atoms with E-state index in [1.54, 1.807) is 13.8 Å². The van der Waals surface area contributed by atoms with E-state index in [-0.39, 0.29) is 24.7 Å². The predicted molar refractivity (Wildman–Crippen MR) is 113 cm³/mol. The summed E-state index contributed by atoms with van der Waals surface area (Å²) >= 11 is 0. The number of hydrogen-bond donors (Lipinski definition) is 6. The van der Waals surface area contributed by atoms with Crippen molar-refractivity contribution in [2.24, 2.45) is 17.6 Å². The molecule has 11 nitrogen and oxygen atoms in total. The van der Waals surface area contributed by atoms with Crippen LogP contribution in [-0.4, -0.2) is 64.0 Å². The van der Waals surface area contributed by atoms with Gasteiger partial charge in [-0.15, -0.1) is 0 Å². The minimum absolute atomic E-state index is 0.0252. The Bertz CT molecular complexity index is 651. The van der Waals surface area contributed by atoms with Gasteiger partial charge in [0.25, 0.3) is 0 Å². The lowest BCUT2D eigenvalue weighted by Gasteiger charge is -2.26. The Hall–Kier alpha value is -2.69. The lowest BCUT2D eigenvalue weighted by Crippen LogP contribution is -2.57. The molecule has 0 saturated heterocycles. The Morgan fingerprint density at radius 1 is 0.839 bits per heavy atom. The largest absolute Gasteiger partial charge is 0.481 e. The number of carbonyl (C=O) groups excluding carboxylic acids is 3. The average molecular weight is 445 g/mol. The van der Waals surface area contributed by atoms with E-state index in [4.69, 9.17) is 10.8 Å². The first-order chi connectivity index (χ1) is 14.3. The van der Waals surface area contributed by atoms with Crippen molar-refractivity contribution in [3.05, 3.63) is 0 Å². The molecule has 0 bridgehead atoms. The minimum atomic E-state index is -1.28. The van der Waals surface area contributed by atoms with Gasteiger partial charge in [0.15, 0.2) is 0 Å².